The third kappa shape index (κ3) is 21.8. The highest BCUT2D eigenvalue weighted by atomic mass is 16.4. The van der Waals surface area contributed by atoms with Crippen LogP contribution in [0.25, 0.3) is 0 Å². The Labute approximate surface area is 263 Å². The van der Waals surface area contributed by atoms with E-state index in [0.29, 0.717) is 32.2 Å². The molecular weight excluding hydrogens is 594 g/mol. The lowest BCUT2D eigenvalue weighted by atomic mass is 9.87. The van der Waals surface area contributed by atoms with Gasteiger partial charge in [0.25, 0.3) is 0 Å². The lowest BCUT2D eigenvalue weighted by Crippen LogP contribution is -2.46. The molecule has 0 saturated carbocycles. The molecule has 0 heterocycles. The van der Waals surface area contributed by atoms with Gasteiger partial charge in [0.2, 0.25) is 5.91 Å². The minimum absolute atomic E-state index is 0.00428. The van der Waals surface area contributed by atoms with Gasteiger partial charge in [-0.1, -0.05) is 6.92 Å². The van der Waals surface area contributed by atoms with Gasteiger partial charge in [0, 0.05) is 51.0 Å². The van der Waals surface area contributed by atoms with Crippen LogP contribution in [0.4, 0.5) is 0 Å². The van der Waals surface area contributed by atoms with Crippen LogP contribution in [0.5, 0.6) is 0 Å². The molecule has 0 saturated heterocycles. The largest absolute Gasteiger partial charge is 0.480 e. The highest BCUT2D eigenvalue weighted by molar-refractivity contribution is 5.83. The predicted molar refractivity (Wildman–Crippen MR) is 163 cm³/mol. The third-order valence-corrected chi connectivity index (χ3v) is 7.34. The smallest absolute Gasteiger partial charge is 0.317 e. The molecule has 0 radical (unpaired) electrons. The molecule has 45 heavy (non-hydrogen) atoms. The van der Waals surface area contributed by atoms with Crippen LogP contribution in [0.2, 0.25) is 0 Å². The van der Waals surface area contributed by atoms with Gasteiger partial charge in [0.15, 0.2) is 0 Å². The fraction of sp³-hybridized carbons (Fsp3) is 0.759. The van der Waals surface area contributed by atoms with Gasteiger partial charge in [-0.2, -0.15) is 0 Å². The zero-order valence-corrected chi connectivity index (χ0v) is 26.4. The van der Waals surface area contributed by atoms with Crippen LogP contribution in [-0.2, 0) is 33.6 Å². The van der Waals surface area contributed by atoms with Gasteiger partial charge < -0.3 is 31.5 Å². The van der Waals surface area contributed by atoms with E-state index in [9.17, 15) is 43.8 Å². The fourth-order valence-corrected chi connectivity index (χ4v) is 4.89. The number of hydrogen-bond donors (Lipinski definition) is 6. The number of carboxylic acids is 4. The Morgan fingerprint density at radius 1 is 0.644 bits per heavy atom. The van der Waals surface area contributed by atoms with Gasteiger partial charge in [-0.3, -0.25) is 48.3 Å². The third-order valence-electron chi connectivity index (χ3n) is 7.34. The molecular formula is C29H51N5O11. The summed E-state index contributed by atoms with van der Waals surface area (Å²) in [5.74, 6) is -5.62. The molecule has 7 N–H and O–H groups in total. The van der Waals surface area contributed by atoms with Crippen LogP contribution in [0, 0.1) is 11.8 Å². The molecule has 0 aromatic carbocycles. The van der Waals surface area contributed by atoms with Crippen LogP contribution in [0.1, 0.15) is 58.8 Å². The Hall–Kier alpha value is -3.47. The average molecular weight is 646 g/mol. The van der Waals surface area contributed by atoms with Crippen molar-refractivity contribution in [1.82, 2.24) is 20.0 Å². The zero-order chi connectivity index (χ0) is 34.4. The van der Waals surface area contributed by atoms with E-state index in [-0.39, 0.29) is 62.7 Å². The second-order valence-electron chi connectivity index (χ2n) is 11.1. The first-order chi connectivity index (χ1) is 21.2. The number of carboxylic acid groups (broad SMARTS) is 4. The van der Waals surface area contributed by atoms with Crippen LogP contribution in [-0.4, -0.2) is 148 Å². The van der Waals surface area contributed by atoms with Crippen LogP contribution >= 0.6 is 0 Å². The van der Waals surface area contributed by atoms with Gasteiger partial charge in [-0.25, -0.2) is 0 Å². The molecule has 2 atom stereocenters. The first-order valence-electron chi connectivity index (χ1n) is 15.2. The normalized spacial score (nSPS) is 12.7. The first kappa shape index (κ1) is 41.5. The first-order valence-corrected chi connectivity index (χ1v) is 15.2. The monoisotopic (exact) mass is 645 g/mol. The van der Waals surface area contributed by atoms with E-state index in [1.165, 1.54) is 16.7 Å². The lowest BCUT2D eigenvalue weighted by Gasteiger charge is -2.27. The number of nitrogens with two attached hydrogens (primary N) is 1. The number of hydrogen-bond acceptors (Lipinski definition) is 11. The van der Waals surface area contributed by atoms with Crippen molar-refractivity contribution in [2.45, 2.75) is 58.8 Å². The molecule has 0 bridgehead atoms. The summed E-state index contributed by atoms with van der Waals surface area (Å²) in [7, 11) is 0. The molecule has 0 aromatic rings. The predicted octanol–water partition coefficient (Wildman–Crippen LogP) is -0.553. The van der Waals surface area contributed by atoms with E-state index >= 15 is 0 Å². The Morgan fingerprint density at radius 3 is 1.53 bits per heavy atom. The maximum atomic E-state index is 12.6. The molecule has 0 aromatic heterocycles. The summed E-state index contributed by atoms with van der Waals surface area (Å²) in [6.07, 6.45) is 3.92. The summed E-state index contributed by atoms with van der Waals surface area (Å²) in [5.41, 5.74) is 5.55. The number of carbonyl (C=O) groups excluding carboxylic acids is 3. The SMILES string of the molecule is CC[C@H](CCCN)C(=O)CC[C@H](CCCNC(=O)CN(CCN(CCN(CC(=O)O)CC(=O)O)CC(=O)O)CC(=O)O)C(C)=O. The maximum absolute atomic E-state index is 12.6. The number of Topliss-reactive ketones (excluding diaryl/α,β-unsaturated/α-hetero) is 2. The van der Waals surface area contributed by atoms with E-state index < -0.39 is 56.0 Å². The van der Waals surface area contributed by atoms with Crippen LogP contribution in [0.3, 0.4) is 0 Å². The van der Waals surface area contributed by atoms with E-state index in [0.717, 1.165) is 24.2 Å². The molecule has 1 amide bonds. The van der Waals surface area contributed by atoms with Gasteiger partial charge in [-0.15, -0.1) is 0 Å². The number of nitrogens with one attached hydrogen (secondary N) is 1. The van der Waals surface area contributed by atoms with Crippen molar-refractivity contribution in [2.24, 2.45) is 17.6 Å². The zero-order valence-electron chi connectivity index (χ0n) is 26.4. The molecule has 0 fully saturated rings. The summed E-state index contributed by atoms with van der Waals surface area (Å²) in [5, 5.41) is 39.3. The molecule has 16 heteroatoms. The van der Waals surface area contributed by atoms with Crippen molar-refractivity contribution in [1.29, 1.82) is 0 Å². The molecule has 0 rings (SSSR count). The average Bonchev–Trinajstić information content (AvgIpc) is 2.92. The van der Waals surface area contributed by atoms with E-state index in [1.807, 2.05) is 6.92 Å². The van der Waals surface area contributed by atoms with Gasteiger partial charge in [0.05, 0.1) is 32.7 Å². The topological polar surface area (TPSA) is 248 Å². The summed E-state index contributed by atoms with van der Waals surface area (Å²) in [4.78, 5) is 85.9. The molecule has 0 aliphatic rings. The van der Waals surface area contributed by atoms with Crippen molar-refractivity contribution in [3.05, 3.63) is 0 Å². The van der Waals surface area contributed by atoms with Crippen molar-refractivity contribution in [3.63, 3.8) is 0 Å². The van der Waals surface area contributed by atoms with Crippen LogP contribution in [0.15, 0.2) is 0 Å². The Balaban J connectivity index is 4.95. The Bertz CT molecular complexity index is 962. The van der Waals surface area contributed by atoms with E-state index in [4.69, 9.17) is 15.9 Å². The summed E-state index contributed by atoms with van der Waals surface area (Å²) in [6, 6.07) is 0. The van der Waals surface area contributed by atoms with Gasteiger partial charge >= 0.3 is 23.9 Å². The number of carbonyl (C=O) groups is 7. The van der Waals surface area contributed by atoms with Crippen molar-refractivity contribution in [2.75, 3.05) is 72.0 Å². The Morgan fingerprint density at radius 2 is 1.09 bits per heavy atom. The summed E-state index contributed by atoms with van der Waals surface area (Å²) in [6.45, 7) is 1.78. The molecule has 258 valence electrons. The minimum Gasteiger partial charge on any atom is -0.480 e. The highest BCUT2D eigenvalue weighted by Crippen LogP contribution is 2.20. The van der Waals surface area contributed by atoms with E-state index in [2.05, 4.69) is 5.32 Å². The van der Waals surface area contributed by atoms with Crippen molar-refractivity contribution < 1.29 is 54.0 Å². The highest BCUT2D eigenvalue weighted by Gasteiger charge is 2.22. The van der Waals surface area contributed by atoms with E-state index in [1.54, 1.807) is 0 Å². The molecule has 0 aliphatic carbocycles. The number of rotatable bonds is 29. The lowest BCUT2D eigenvalue weighted by molar-refractivity contribution is -0.143. The quantitative estimate of drug-likeness (QED) is 0.0558. The molecule has 0 unspecified atom stereocenters. The second-order valence-corrected chi connectivity index (χ2v) is 11.1. The standard InChI is InChI=1S/C29H51N5O11/c1-3-22(6-4-10-30)24(36)9-8-23(21(2)35)7-5-11-31-25(37)16-33(18-27(40)41)14-12-32(17-26(38)39)13-15-34(19-28(42)43)20-29(44)45/h22-23H,3-20,30H2,1-2H3,(H,31,37)(H,38,39)(H,40,41)(H,42,43)(H,44,45)/t22-,23+/m1/s1. The van der Waals surface area contributed by atoms with Gasteiger partial charge in [0.1, 0.15) is 11.6 Å². The second kappa shape index (κ2) is 23.9. The Kier molecular flexibility index (Phi) is 22.0. The number of ketones is 2. The number of amides is 1. The van der Waals surface area contributed by atoms with Crippen LogP contribution < -0.4 is 11.1 Å². The summed E-state index contributed by atoms with van der Waals surface area (Å²) >= 11 is 0. The minimum atomic E-state index is -1.24. The number of nitrogens with zero attached hydrogens (tertiary/aromatic N) is 3. The molecule has 0 aliphatic heterocycles. The molecule has 0 spiro atoms. The number of aliphatic carboxylic acids is 4. The van der Waals surface area contributed by atoms with Crippen molar-refractivity contribution in [3.8, 4) is 0 Å². The molecule has 16 nitrogen and oxygen atoms in total. The van der Waals surface area contributed by atoms with Gasteiger partial charge in [-0.05, 0) is 52.0 Å². The maximum Gasteiger partial charge on any atom is 0.317 e. The summed E-state index contributed by atoms with van der Waals surface area (Å²) < 4.78 is 0. The van der Waals surface area contributed by atoms with Crippen molar-refractivity contribution >= 4 is 41.4 Å². The fourth-order valence-electron chi connectivity index (χ4n) is 4.89.